The van der Waals surface area contributed by atoms with Gasteiger partial charge in [-0.15, -0.1) is 0 Å². The van der Waals surface area contributed by atoms with Gasteiger partial charge in [0.2, 0.25) is 0 Å². The number of para-hydroxylation sites is 2. The van der Waals surface area contributed by atoms with Gasteiger partial charge in [0.05, 0.1) is 11.8 Å². The minimum Gasteiger partial charge on any atom is -0.482 e. The number of ether oxygens (including phenoxy) is 1. The molecular formula is C14H16N2O3S. The molecule has 20 heavy (non-hydrogen) atoms. The fourth-order valence-electron chi connectivity index (χ4n) is 1.60. The number of anilines is 1. The van der Waals surface area contributed by atoms with Crippen LogP contribution in [-0.2, 0) is 4.79 Å². The monoisotopic (exact) mass is 292 g/mol. The highest BCUT2D eigenvalue weighted by molar-refractivity contribution is 7.07. The molecule has 0 saturated carbocycles. The van der Waals surface area contributed by atoms with Crippen molar-refractivity contribution in [2.45, 2.75) is 6.10 Å². The van der Waals surface area contributed by atoms with Gasteiger partial charge < -0.3 is 20.9 Å². The van der Waals surface area contributed by atoms with Crippen molar-refractivity contribution in [2.75, 3.05) is 18.9 Å². The van der Waals surface area contributed by atoms with Gasteiger partial charge in [-0.05, 0) is 34.5 Å². The maximum Gasteiger partial charge on any atom is 0.258 e. The number of benzene rings is 1. The van der Waals surface area contributed by atoms with Crippen LogP contribution in [0.4, 0.5) is 5.69 Å². The predicted molar refractivity (Wildman–Crippen MR) is 78.6 cm³/mol. The summed E-state index contributed by atoms with van der Waals surface area (Å²) in [4.78, 5) is 11.6. The minimum absolute atomic E-state index is 0.134. The fourth-order valence-corrected chi connectivity index (χ4v) is 2.31. The van der Waals surface area contributed by atoms with Crippen LogP contribution in [-0.4, -0.2) is 24.2 Å². The van der Waals surface area contributed by atoms with Crippen molar-refractivity contribution in [2.24, 2.45) is 0 Å². The Morgan fingerprint density at radius 2 is 2.20 bits per heavy atom. The van der Waals surface area contributed by atoms with Crippen LogP contribution in [0.2, 0.25) is 0 Å². The number of aliphatic hydroxyl groups is 1. The summed E-state index contributed by atoms with van der Waals surface area (Å²) in [7, 11) is 0. The first kappa shape index (κ1) is 14.4. The Labute approximate surface area is 121 Å². The molecule has 1 aromatic carbocycles. The zero-order valence-corrected chi connectivity index (χ0v) is 11.6. The number of hydrogen-bond acceptors (Lipinski definition) is 5. The largest absolute Gasteiger partial charge is 0.482 e. The molecule has 0 radical (unpaired) electrons. The number of carbonyl (C=O) groups is 1. The molecule has 1 amide bonds. The first-order chi connectivity index (χ1) is 9.66. The first-order valence-corrected chi connectivity index (χ1v) is 7.05. The molecule has 1 atom stereocenters. The SMILES string of the molecule is Nc1ccccc1OCC(=O)NCC(O)c1ccsc1. The van der Waals surface area contributed by atoms with Crippen molar-refractivity contribution in [1.29, 1.82) is 0 Å². The van der Waals surface area contributed by atoms with E-state index in [0.29, 0.717) is 11.4 Å². The number of nitrogens with one attached hydrogen (secondary N) is 1. The number of hydrogen-bond donors (Lipinski definition) is 3. The lowest BCUT2D eigenvalue weighted by Gasteiger charge is -2.12. The number of thiophene rings is 1. The second-order valence-corrected chi connectivity index (χ2v) is 4.98. The van der Waals surface area contributed by atoms with Crippen LogP contribution in [0.25, 0.3) is 0 Å². The Morgan fingerprint density at radius 1 is 1.40 bits per heavy atom. The normalized spacial score (nSPS) is 11.8. The van der Waals surface area contributed by atoms with Crippen molar-refractivity contribution in [3.05, 3.63) is 46.7 Å². The summed E-state index contributed by atoms with van der Waals surface area (Å²) < 4.78 is 5.30. The number of nitrogens with two attached hydrogens (primary N) is 1. The third kappa shape index (κ3) is 3.97. The average Bonchev–Trinajstić information content (AvgIpc) is 2.98. The molecule has 1 heterocycles. The molecule has 2 aromatic rings. The van der Waals surface area contributed by atoms with Crippen molar-refractivity contribution in [3.63, 3.8) is 0 Å². The maximum atomic E-state index is 11.6. The van der Waals surface area contributed by atoms with Gasteiger partial charge in [-0.25, -0.2) is 0 Å². The maximum absolute atomic E-state index is 11.6. The molecule has 1 unspecified atom stereocenters. The Hall–Kier alpha value is -2.05. The van der Waals surface area contributed by atoms with E-state index in [1.807, 2.05) is 16.8 Å². The Bertz CT molecular complexity index is 557. The van der Waals surface area contributed by atoms with E-state index in [1.165, 1.54) is 11.3 Å². The van der Waals surface area contributed by atoms with Gasteiger partial charge in [-0.1, -0.05) is 12.1 Å². The lowest BCUT2D eigenvalue weighted by molar-refractivity contribution is -0.123. The van der Waals surface area contributed by atoms with Crippen LogP contribution >= 0.6 is 11.3 Å². The van der Waals surface area contributed by atoms with E-state index in [2.05, 4.69) is 5.32 Å². The summed E-state index contributed by atoms with van der Waals surface area (Å²) in [6.45, 7) is 0.0216. The van der Waals surface area contributed by atoms with Crippen LogP contribution in [0.15, 0.2) is 41.1 Å². The van der Waals surface area contributed by atoms with Crippen LogP contribution in [0.5, 0.6) is 5.75 Å². The Balaban J connectivity index is 1.75. The molecule has 6 heteroatoms. The number of rotatable bonds is 6. The third-order valence-corrected chi connectivity index (χ3v) is 3.40. The zero-order chi connectivity index (χ0) is 14.4. The molecule has 0 bridgehead atoms. The van der Waals surface area contributed by atoms with E-state index in [-0.39, 0.29) is 19.1 Å². The van der Waals surface area contributed by atoms with Crippen molar-refractivity contribution < 1.29 is 14.6 Å². The van der Waals surface area contributed by atoms with Gasteiger partial charge >= 0.3 is 0 Å². The number of carbonyl (C=O) groups excluding carboxylic acids is 1. The van der Waals surface area contributed by atoms with Crippen LogP contribution < -0.4 is 15.8 Å². The van der Waals surface area contributed by atoms with Gasteiger partial charge in [-0.2, -0.15) is 11.3 Å². The highest BCUT2D eigenvalue weighted by Crippen LogP contribution is 2.19. The summed E-state index contributed by atoms with van der Waals surface area (Å²) in [5.74, 6) is 0.170. The first-order valence-electron chi connectivity index (χ1n) is 6.11. The summed E-state index contributed by atoms with van der Waals surface area (Å²) in [6, 6.07) is 8.79. The molecule has 0 aliphatic rings. The van der Waals surface area contributed by atoms with E-state index in [1.54, 1.807) is 24.3 Å². The molecule has 4 N–H and O–H groups in total. The molecule has 0 aliphatic carbocycles. The zero-order valence-electron chi connectivity index (χ0n) is 10.8. The molecule has 0 spiro atoms. The second-order valence-electron chi connectivity index (χ2n) is 4.20. The van der Waals surface area contributed by atoms with E-state index < -0.39 is 6.10 Å². The number of nitrogen functional groups attached to an aromatic ring is 1. The predicted octanol–water partition coefficient (Wildman–Crippen LogP) is 1.56. The number of amides is 1. The van der Waals surface area contributed by atoms with Crippen molar-refractivity contribution in [3.8, 4) is 5.75 Å². The molecule has 0 saturated heterocycles. The van der Waals surface area contributed by atoms with E-state index in [9.17, 15) is 9.90 Å². The minimum atomic E-state index is -0.702. The molecule has 0 fully saturated rings. The van der Waals surface area contributed by atoms with Crippen molar-refractivity contribution in [1.82, 2.24) is 5.32 Å². The van der Waals surface area contributed by atoms with Crippen molar-refractivity contribution >= 4 is 22.9 Å². The molecule has 106 valence electrons. The summed E-state index contributed by atoms with van der Waals surface area (Å²) >= 11 is 1.50. The molecule has 1 aromatic heterocycles. The molecule has 5 nitrogen and oxygen atoms in total. The highest BCUT2D eigenvalue weighted by Gasteiger charge is 2.10. The van der Waals surface area contributed by atoms with E-state index >= 15 is 0 Å². The average molecular weight is 292 g/mol. The van der Waals surface area contributed by atoms with E-state index in [0.717, 1.165) is 5.56 Å². The van der Waals surface area contributed by atoms with E-state index in [4.69, 9.17) is 10.5 Å². The van der Waals surface area contributed by atoms with Gasteiger partial charge in [0.1, 0.15) is 5.75 Å². The standard InChI is InChI=1S/C14H16N2O3S/c15-11-3-1-2-4-13(11)19-8-14(18)16-7-12(17)10-5-6-20-9-10/h1-6,9,12,17H,7-8,15H2,(H,16,18). The van der Waals surface area contributed by atoms with Gasteiger partial charge in [0, 0.05) is 6.54 Å². The second kappa shape index (κ2) is 6.93. The quantitative estimate of drug-likeness (QED) is 0.705. The van der Waals surface area contributed by atoms with Gasteiger partial charge in [0.25, 0.3) is 5.91 Å². The summed E-state index contributed by atoms with van der Waals surface area (Å²) in [5.41, 5.74) is 6.98. The number of aliphatic hydroxyl groups excluding tert-OH is 1. The highest BCUT2D eigenvalue weighted by atomic mass is 32.1. The Morgan fingerprint density at radius 3 is 2.90 bits per heavy atom. The molecule has 2 rings (SSSR count). The molecule has 0 aliphatic heterocycles. The summed E-state index contributed by atoms with van der Waals surface area (Å²) in [6.07, 6.45) is -0.702. The smallest absolute Gasteiger partial charge is 0.258 e. The lowest BCUT2D eigenvalue weighted by atomic mass is 10.2. The third-order valence-electron chi connectivity index (χ3n) is 2.70. The molecular weight excluding hydrogens is 276 g/mol. The fraction of sp³-hybridized carbons (Fsp3) is 0.214. The van der Waals surface area contributed by atoms with Crippen LogP contribution in [0.1, 0.15) is 11.7 Å². The summed E-state index contributed by atoms with van der Waals surface area (Å²) in [5, 5.41) is 16.2. The van der Waals surface area contributed by atoms with Crippen LogP contribution in [0, 0.1) is 0 Å². The van der Waals surface area contributed by atoms with Gasteiger partial charge in [-0.3, -0.25) is 4.79 Å². The Kier molecular flexibility index (Phi) is 4.97. The van der Waals surface area contributed by atoms with Gasteiger partial charge in [0.15, 0.2) is 6.61 Å². The lowest BCUT2D eigenvalue weighted by Crippen LogP contribution is -2.32. The van der Waals surface area contributed by atoms with Crippen LogP contribution in [0.3, 0.4) is 0 Å². The topological polar surface area (TPSA) is 84.6 Å².